The maximum absolute atomic E-state index is 13.3. The van der Waals surface area contributed by atoms with Gasteiger partial charge < -0.3 is 10.4 Å². The molecule has 0 aliphatic rings. The molecular weight excluding hydrogens is 228 g/mol. The molecule has 0 spiro atoms. The zero-order valence-corrected chi connectivity index (χ0v) is 9.76. The highest BCUT2D eigenvalue weighted by Crippen LogP contribution is 2.12. The molecule has 0 aliphatic heterocycles. The number of nitrogens with one attached hydrogen (secondary N) is 1. The molecule has 0 saturated heterocycles. The van der Waals surface area contributed by atoms with Crippen molar-refractivity contribution >= 4 is 5.91 Å². The highest BCUT2D eigenvalue weighted by Gasteiger charge is 2.20. The van der Waals surface area contributed by atoms with E-state index in [1.165, 1.54) is 12.1 Å². The number of hydrogen-bond acceptors (Lipinski definition) is 2. The van der Waals surface area contributed by atoms with Crippen LogP contribution in [0.15, 0.2) is 18.2 Å². The lowest BCUT2D eigenvalue weighted by Crippen LogP contribution is -2.46. The second-order valence-electron chi connectivity index (χ2n) is 4.48. The Hall–Kier alpha value is -1.49. The van der Waals surface area contributed by atoms with Crippen molar-refractivity contribution in [2.24, 2.45) is 0 Å². The molecule has 1 aromatic carbocycles. The van der Waals surface area contributed by atoms with Crippen molar-refractivity contribution in [3.63, 3.8) is 0 Å². The molecule has 0 unspecified atom stereocenters. The molecule has 1 amide bonds. The Bertz CT molecular complexity index is 419. The van der Waals surface area contributed by atoms with Crippen LogP contribution in [0.4, 0.5) is 8.78 Å². The average Bonchev–Trinajstić information content (AvgIpc) is 2.24. The third kappa shape index (κ3) is 3.78. The lowest BCUT2D eigenvalue weighted by molar-refractivity contribution is -0.122. The third-order valence-corrected chi connectivity index (χ3v) is 2.26. The number of halogens is 2. The van der Waals surface area contributed by atoms with Gasteiger partial charge in [0.05, 0.1) is 18.6 Å². The molecule has 3 nitrogen and oxygen atoms in total. The van der Waals surface area contributed by atoms with Crippen molar-refractivity contribution in [1.82, 2.24) is 5.32 Å². The molecular formula is C12H15F2NO2. The molecule has 0 bridgehead atoms. The number of carbonyl (C=O) groups is 1. The fourth-order valence-electron chi connectivity index (χ4n) is 1.32. The zero-order chi connectivity index (χ0) is 13.1. The molecule has 0 saturated carbocycles. The van der Waals surface area contributed by atoms with Gasteiger partial charge in [-0.25, -0.2) is 8.78 Å². The SMILES string of the molecule is CC(C)(CO)NC(=O)Cc1cccc(F)c1F. The topological polar surface area (TPSA) is 49.3 Å². The lowest BCUT2D eigenvalue weighted by atomic mass is 10.1. The second-order valence-corrected chi connectivity index (χ2v) is 4.48. The Morgan fingerprint density at radius 2 is 2.06 bits per heavy atom. The lowest BCUT2D eigenvalue weighted by Gasteiger charge is -2.23. The predicted octanol–water partition coefficient (Wildman–Crippen LogP) is 1.39. The molecule has 0 radical (unpaired) electrons. The Morgan fingerprint density at radius 1 is 1.41 bits per heavy atom. The van der Waals surface area contributed by atoms with Gasteiger partial charge in [-0.3, -0.25) is 4.79 Å². The molecule has 2 N–H and O–H groups in total. The van der Waals surface area contributed by atoms with Gasteiger partial charge in [-0.1, -0.05) is 12.1 Å². The zero-order valence-electron chi connectivity index (χ0n) is 9.76. The van der Waals surface area contributed by atoms with Crippen molar-refractivity contribution in [3.8, 4) is 0 Å². The molecule has 0 atom stereocenters. The van der Waals surface area contributed by atoms with Crippen LogP contribution in [0.1, 0.15) is 19.4 Å². The summed E-state index contributed by atoms with van der Waals surface area (Å²) in [6.07, 6.45) is -0.257. The number of rotatable bonds is 4. The smallest absolute Gasteiger partial charge is 0.225 e. The van der Waals surface area contributed by atoms with E-state index in [0.29, 0.717) is 0 Å². The van der Waals surface area contributed by atoms with Crippen LogP contribution in [0.25, 0.3) is 0 Å². The van der Waals surface area contributed by atoms with Gasteiger partial charge in [0, 0.05) is 5.56 Å². The number of hydrogen-bond donors (Lipinski definition) is 2. The fourth-order valence-corrected chi connectivity index (χ4v) is 1.32. The van der Waals surface area contributed by atoms with Crippen LogP contribution >= 0.6 is 0 Å². The minimum atomic E-state index is -1.01. The number of amides is 1. The quantitative estimate of drug-likeness (QED) is 0.839. The van der Waals surface area contributed by atoms with Gasteiger partial charge in [-0.05, 0) is 19.9 Å². The van der Waals surface area contributed by atoms with E-state index in [1.54, 1.807) is 13.8 Å². The number of aliphatic hydroxyl groups is 1. The molecule has 17 heavy (non-hydrogen) atoms. The summed E-state index contributed by atoms with van der Waals surface area (Å²) in [5.41, 5.74) is -0.780. The van der Waals surface area contributed by atoms with Gasteiger partial charge in [0.1, 0.15) is 0 Å². The van der Waals surface area contributed by atoms with E-state index in [-0.39, 0.29) is 18.6 Å². The summed E-state index contributed by atoms with van der Waals surface area (Å²) in [5, 5.41) is 11.5. The van der Waals surface area contributed by atoms with Crippen LogP contribution in [-0.2, 0) is 11.2 Å². The van der Waals surface area contributed by atoms with Crippen molar-refractivity contribution in [2.45, 2.75) is 25.8 Å². The molecule has 0 fully saturated rings. The van der Waals surface area contributed by atoms with Crippen molar-refractivity contribution < 1.29 is 18.7 Å². The normalized spacial score (nSPS) is 11.4. The van der Waals surface area contributed by atoms with Gasteiger partial charge in [0.15, 0.2) is 11.6 Å². The number of carbonyl (C=O) groups excluding carboxylic acids is 1. The standard InChI is InChI=1S/C12H15F2NO2/c1-12(2,7-16)15-10(17)6-8-4-3-5-9(13)11(8)14/h3-5,16H,6-7H2,1-2H3,(H,15,17). The summed E-state index contributed by atoms with van der Waals surface area (Å²) in [6.45, 7) is 3.03. The Balaban J connectivity index is 2.72. The van der Waals surface area contributed by atoms with E-state index in [2.05, 4.69) is 5.32 Å². The van der Waals surface area contributed by atoms with E-state index in [0.717, 1.165) is 6.07 Å². The van der Waals surface area contributed by atoms with E-state index < -0.39 is 23.1 Å². The Morgan fingerprint density at radius 3 is 2.65 bits per heavy atom. The highest BCUT2D eigenvalue weighted by molar-refractivity contribution is 5.79. The monoisotopic (exact) mass is 243 g/mol. The van der Waals surface area contributed by atoms with Crippen LogP contribution in [0, 0.1) is 11.6 Å². The minimum Gasteiger partial charge on any atom is -0.394 e. The first-order chi connectivity index (χ1) is 7.85. The molecule has 94 valence electrons. The van der Waals surface area contributed by atoms with Gasteiger partial charge in [-0.15, -0.1) is 0 Å². The third-order valence-electron chi connectivity index (χ3n) is 2.26. The van der Waals surface area contributed by atoms with Gasteiger partial charge >= 0.3 is 0 Å². The summed E-state index contributed by atoms with van der Waals surface area (Å²) >= 11 is 0. The van der Waals surface area contributed by atoms with Crippen LogP contribution < -0.4 is 5.32 Å². The van der Waals surface area contributed by atoms with E-state index in [9.17, 15) is 13.6 Å². The summed E-state index contributed by atoms with van der Waals surface area (Å²) in [4.78, 5) is 11.5. The summed E-state index contributed by atoms with van der Waals surface area (Å²) in [5.74, 6) is -2.45. The molecule has 1 rings (SSSR count). The molecule has 0 aromatic heterocycles. The second kappa shape index (κ2) is 5.23. The van der Waals surface area contributed by atoms with Crippen LogP contribution in [-0.4, -0.2) is 23.2 Å². The van der Waals surface area contributed by atoms with E-state index >= 15 is 0 Å². The minimum absolute atomic E-state index is 0.00348. The number of benzene rings is 1. The van der Waals surface area contributed by atoms with E-state index in [4.69, 9.17) is 5.11 Å². The summed E-state index contributed by atoms with van der Waals surface area (Å²) in [7, 11) is 0. The molecule has 0 aliphatic carbocycles. The predicted molar refractivity (Wildman–Crippen MR) is 59.4 cm³/mol. The molecule has 5 heteroatoms. The van der Waals surface area contributed by atoms with E-state index in [1.807, 2.05) is 0 Å². The highest BCUT2D eigenvalue weighted by atomic mass is 19.2. The van der Waals surface area contributed by atoms with Crippen LogP contribution in [0.2, 0.25) is 0 Å². The van der Waals surface area contributed by atoms with Crippen molar-refractivity contribution in [3.05, 3.63) is 35.4 Å². The number of aliphatic hydroxyl groups excluding tert-OH is 1. The average molecular weight is 243 g/mol. The Kier molecular flexibility index (Phi) is 4.17. The fraction of sp³-hybridized carbons (Fsp3) is 0.417. The molecule has 1 aromatic rings. The Labute approximate surface area is 98.5 Å². The summed E-state index contributed by atoms with van der Waals surface area (Å²) in [6, 6.07) is 3.69. The van der Waals surface area contributed by atoms with Gasteiger partial charge in [0.25, 0.3) is 0 Å². The van der Waals surface area contributed by atoms with Gasteiger partial charge in [0.2, 0.25) is 5.91 Å². The van der Waals surface area contributed by atoms with Gasteiger partial charge in [-0.2, -0.15) is 0 Å². The maximum Gasteiger partial charge on any atom is 0.225 e. The van der Waals surface area contributed by atoms with Crippen LogP contribution in [0.5, 0.6) is 0 Å². The largest absolute Gasteiger partial charge is 0.394 e. The first-order valence-corrected chi connectivity index (χ1v) is 5.20. The van der Waals surface area contributed by atoms with Crippen molar-refractivity contribution in [2.75, 3.05) is 6.61 Å². The maximum atomic E-state index is 13.3. The van der Waals surface area contributed by atoms with Crippen LogP contribution in [0.3, 0.4) is 0 Å². The van der Waals surface area contributed by atoms with Crippen molar-refractivity contribution in [1.29, 1.82) is 0 Å². The first-order valence-electron chi connectivity index (χ1n) is 5.20. The molecule has 0 heterocycles. The summed E-state index contributed by atoms with van der Waals surface area (Å²) < 4.78 is 26.2. The first kappa shape index (κ1) is 13.6.